The fourth-order valence-corrected chi connectivity index (χ4v) is 6.32. The van der Waals surface area contributed by atoms with Crippen molar-refractivity contribution in [1.29, 1.82) is 0 Å². The molecule has 36 heavy (non-hydrogen) atoms. The Kier molecular flexibility index (Phi) is 6.28. The van der Waals surface area contributed by atoms with Crippen LogP contribution in [0.3, 0.4) is 0 Å². The molecule has 4 aromatic heterocycles. The number of nitrogens with zero attached hydrogens (tertiary/aromatic N) is 8. The second kappa shape index (κ2) is 9.72. The minimum Gasteiger partial charge on any atom is -0.368 e. The maximum absolute atomic E-state index is 6.24. The number of nitrogen functional groups attached to an aromatic ring is 1. The first-order chi connectivity index (χ1) is 17.5. The summed E-state index contributed by atoms with van der Waals surface area (Å²) < 4.78 is 2.51. The quantitative estimate of drug-likeness (QED) is 0.432. The van der Waals surface area contributed by atoms with E-state index in [-0.39, 0.29) is 5.95 Å². The minimum absolute atomic E-state index is 0.276. The maximum atomic E-state index is 6.24. The number of hydrogen-bond acceptors (Lipinski definition) is 10. The highest BCUT2D eigenvalue weighted by Crippen LogP contribution is 2.29. The molecule has 0 spiro atoms. The summed E-state index contributed by atoms with van der Waals surface area (Å²) in [5.41, 5.74) is 11.7. The number of aromatic nitrogens is 6. The Bertz CT molecular complexity index is 1370. The Labute approximate surface area is 214 Å². The number of rotatable bonds is 4. The Morgan fingerprint density at radius 1 is 1.08 bits per heavy atom. The summed E-state index contributed by atoms with van der Waals surface area (Å²) in [6, 6.07) is 2.86. The molecule has 3 N–H and O–H groups in total. The number of piperazine rings is 1. The molecule has 1 saturated heterocycles. The Hall–Kier alpha value is -3.15. The van der Waals surface area contributed by atoms with Crippen LogP contribution in [-0.2, 0) is 12.8 Å². The largest absolute Gasteiger partial charge is 0.368 e. The average Bonchev–Trinajstić information content (AvgIpc) is 3.43. The fourth-order valence-electron chi connectivity index (χ4n) is 5.34. The van der Waals surface area contributed by atoms with Crippen LogP contribution in [0.5, 0.6) is 0 Å². The van der Waals surface area contributed by atoms with Gasteiger partial charge >= 0.3 is 0 Å². The van der Waals surface area contributed by atoms with Gasteiger partial charge in [0.2, 0.25) is 11.9 Å². The summed E-state index contributed by atoms with van der Waals surface area (Å²) in [7, 11) is 2.22. The number of nitrogens with two attached hydrogens (primary N) is 1. The minimum atomic E-state index is 0.276. The Balaban J connectivity index is 1.20. The number of pyridine rings is 1. The first-order valence-corrected chi connectivity index (χ1v) is 13.5. The predicted molar refractivity (Wildman–Crippen MR) is 143 cm³/mol. The number of thiophene rings is 1. The van der Waals surface area contributed by atoms with Gasteiger partial charge in [-0.25, -0.2) is 9.97 Å². The molecule has 1 aliphatic carbocycles. The first-order valence-electron chi connectivity index (χ1n) is 12.6. The van der Waals surface area contributed by atoms with Gasteiger partial charge in [-0.3, -0.25) is 9.88 Å². The summed E-state index contributed by atoms with van der Waals surface area (Å²) in [5.74, 6) is 1.34. The van der Waals surface area contributed by atoms with Crippen molar-refractivity contribution in [2.75, 3.05) is 44.3 Å². The molecule has 1 fully saturated rings. The highest BCUT2D eigenvalue weighted by Gasteiger charge is 2.24. The van der Waals surface area contributed by atoms with E-state index in [1.807, 2.05) is 13.1 Å². The lowest BCUT2D eigenvalue weighted by molar-refractivity contribution is 0.100. The van der Waals surface area contributed by atoms with E-state index in [1.165, 1.54) is 43.6 Å². The molecule has 0 amide bonds. The van der Waals surface area contributed by atoms with Crippen LogP contribution in [0.2, 0.25) is 0 Å². The van der Waals surface area contributed by atoms with Crippen LogP contribution in [0, 0.1) is 6.92 Å². The van der Waals surface area contributed by atoms with E-state index in [2.05, 4.69) is 53.7 Å². The standard InChI is InChI=1S/C25H32N10S/c1-16-14-36-22-21(16)28-15-29-23(22)35-24(26)31-25(32-35)30-18-12-17-6-7-19(4-3-5-20(17)27-13-18)34-10-8-33(2)9-11-34/h12-15,19H,3-11H2,1-2H3,(H3,26,30,31,32). The third-order valence-corrected chi connectivity index (χ3v) is 8.50. The molecule has 0 bridgehead atoms. The van der Waals surface area contributed by atoms with Gasteiger partial charge in [-0.2, -0.15) is 9.67 Å². The van der Waals surface area contributed by atoms with Crippen LogP contribution in [0.4, 0.5) is 17.6 Å². The van der Waals surface area contributed by atoms with Crippen LogP contribution in [0.15, 0.2) is 24.0 Å². The molecule has 0 saturated carbocycles. The van der Waals surface area contributed by atoms with E-state index in [0.717, 1.165) is 47.4 Å². The monoisotopic (exact) mass is 504 g/mol. The van der Waals surface area contributed by atoms with Gasteiger partial charge in [0.05, 0.1) is 22.1 Å². The van der Waals surface area contributed by atoms with Gasteiger partial charge in [-0.1, -0.05) is 0 Å². The molecule has 10 nitrogen and oxygen atoms in total. The van der Waals surface area contributed by atoms with Gasteiger partial charge in [0.1, 0.15) is 6.33 Å². The molecular weight excluding hydrogens is 472 g/mol. The van der Waals surface area contributed by atoms with Crippen molar-refractivity contribution in [3.8, 4) is 5.82 Å². The van der Waals surface area contributed by atoms with E-state index in [4.69, 9.17) is 10.7 Å². The molecule has 0 radical (unpaired) electrons. The summed E-state index contributed by atoms with van der Waals surface area (Å²) in [5, 5.41) is 9.98. The van der Waals surface area contributed by atoms with E-state index >= 15 is 0 Å². The predicted octanol–water partition coefficient (Wildman–Crippen LogP) is 3.19. The second-order valence-corrected chi connectivity index (χ2v) is 10.8. The van der Waals surface area contributed by atoms with Crippen molar-refractivity contribution >= 4 is 39.1 Å². The van der Waals surface area contributed by atoms with Gasteiger partial charge in [0, 0.05) is 37.9 Å². The topological polar surface area (TPSA) is 114 Å². The van der Waals surface area contributed by atoms with Crippen LogP contribution >= 0.6 is 11.3 Å². The fraction of sp³-hybridized carbons (Fsp3) is 0.480. The van der Waals surface area contributed by atoms with Crippen molar-refractivity contribution in [2.24, 2.45) is 0 Å². The van der Waals surface area contributed by atoms with Gasteiger partial charge in [-0.15, -0.1) is 16.4 Å². The Morgan fingerprint density at radius 3 is 2.81 bits per heavy atom. The van der Waals surface area contributed by atoms with Crippen LogP contribution in [0.25, 0.3) is 16.0 Å². The van der Waals surface area contributed by atoms with E-state index in [9.17, 15) is 0 Å². The molecule has 2 aliphatic rings. The zero-order chi connectivity index (χ0) is 24.6. The second-order valence-electron chi connectivity index (χ2n) is 9.88. The third kappa shape index (κ3) is 4.54. The molecular formula is C25H32N10S. The number of likely N-dealkylation sites (N-methyl/N-ethyl adjacent to an activating group) is 1. The molecule has 188 valence electrons. The van der Waals surface area contributed by atoms with Gasteiger partial charge in [0.25, 0.3) is 0 Å². The average molecular weight is 505 g/mol. The lowest BCUT2D eigenvalue weighted by Gasteiger charge is -2.38. The summed E-state index contributed by atoms with van der Waals surface area (Å²) in [6.07, 6.45) is 9.10. The van der Waals surface area contributed by atoms with Crippen molar-refractivity contribution in [3.63, 3.8) is 0 Å². The van der Waals surface area contributed by atoms with Crippen molar-refractivity contribution in [3.05, 3.63) is 40.8 Å². The highest BCUT2D eigenvalue weighted by atomic mass is 32.1. The zero-order valence-electron chi connectivity index (χ0n) is 20.8. The lowest BCUT2D eigenvalue weighted by atomic mass is 9.92. The molecule has 6 rings (SSSR count). The van der Waals surface area contributed by atoms with Gasteiger partial charge < -0.3 is 16.0 Å². The summed E-state index contributed by atoms with van der Waals surface area (Å²) in [4.78, 5) is 23.2. The van der Waals surface area contributed by atoms with Crippen molar-refractivity contribution in [2.45, 2.75) is 45.1 Å². The molecule has 1 atom stereocenters. The molecule has 1 unspecified atom stereocenters. The van der Waals surface area contributed by atoms with Crippen molar-refractivity contribution < 1.29 is 0 Å². The lowest BCUT2D eigenvalue weighted by Crippen LogP contribution is -2.49. The number of hydrogen-bond donors (Lipinski definition) is 2. The molecule has 1 aliphatic heterocycles. The van der Waals surface area contributed by atoms with Crippen LogP contribution in [-0.4, -0.2) is 78.8 Å². The number of nitrogens with one attached hydrogen (secondary N) is 1. The third-order valence-electron chi connectivity index (χ3n) is 7.41. The number of fused-ring (bicyclic) bond motifs is 2. The van der Waals surface area contributed by atoms with Gasteiger partial charge in [-0.05, 0) is 68.6 Å². The summed E-state index contributed by atoms with van der Waals surface area (Å²) >= 11 is 1.58. The zero-order valence-corrected chi connectivity index (χ0v) is 21.6. The SMILES string of the molecule is Cc1csc2c(-n3nc(Nc4cnc5c(c4)CCC(N4CCN(C)CC4)CCC5)nc3N)ncnc12. The normalized spacial score (nSPS) is 19.7. The number of aryl methyl sites for hydroxylation is 3. The maximum Gasteiger partial charge on any atom is 0.248 e. The van der Waals surface area contributed by atoms with E-state index < -0.39 is 0 Å². The first kappa shape index (κ1) is 23.3. The molecule has 5 heterocycles. The molecule has 4 aromatic rings. The smallest absolute Gasteiger partial charge is 0.248 e. The number of anilines is 3. The highest BCUT2D eigenvalue weighted by molar-refractivity contribution is 7.17. The van der Waals surface area contributed by atoms with E-state index in [0.29, 0.717) is 17.8 Å². The molecule has 11 heteroatoms. The Morgan fingerprint density at radius 2 is 1.94 bits per heavy atom. The van der Waals surface area contributed by atoms with Gasteiger partial charge in [0.15, 0.2) is 5.82 Å². The van der Waals surface area contributed by atoms with Crippen molar-refractivity contribution in [1.82, 2.24) is 39.5 Å². The molecule has 0 aromatic carbocycles. The summed E-state index contributed by atoms with van der Waals surface area (Å²) in [6.45, 7) is 6.71. The van der Waals surface area contributed by atoms with Crippen LogP contribution < -0.4 is 11.1 Å². The van der Waals surface area contributed by atoms with E-state index in [1.54, 1.807) is 22.3 Å². The van der Waals surface area contributed by atoms with Crippen LogP contribution in [0.1, 0.15) is 36.1 Å².